The minimum absolute atomic E-state index is 0.112. The number of halogens is 2. The first-order valence-electron chi connectivity index (χ1n) is 10.2. The summed E-state index contributed by atoms with van der Waals surface area (Å²) in [6.45, 7) is 2.15. The zero-order chi connectivity index (χ0) is 22.4. The second-order valence-electron chi connectivity index (χ2n) is 7.60. The van der Waals surface area contributed by atoms with E-state index in [2.05, 4.69) is 28.9 Å². The lowest BCUT2D eigenvalue weighted by Gasteiger charge is -2.29. The van der Waals surface area contributed by atoms with Crippen molar-refractivity contribution in [3.05, 3.63) is 104 Å². The lowest BCUT2D eigenvalue weighted by Crippen LogP contribution is -2.15. The molecular formula is C26H23BrClNO2. The summed E-state index contributed by atoms with van der Waals surface area (Å²) in [7, 11) is 0. The molecular weight excluding hydrogens is 474 g/mol. The van der Waals surface area contributed by atoms with E-state index >= 15 is 0 Å². The summed E-state index contributed by atoms with van der Waals surface area (Å²) in [5.74, 6) is -0.647. The molecule has 1 N–H and O–H groups in total. The van der Waals surface area contributed by atoms with Crippen molar-refractivity contribution in [3.63, 3.8) is 0 Å². The number of rotatable bonds is 8. The van der Waals surface area contributed by atoms with Gasteiger partial charge in [-0.1, -0.05) is 71.2 Å². The number of hydrogen-bond donors (Lipinski definition) is 1. The number of hydrogen-bond acceptors (Lipinski definition) is 2. The van der Waals surface area contributed by atoms with Crippen LogP contribution in [0.15, 0.2) is 71.2 Å². The van der Waals surface area contributed by atoms with Crippen molar-refractivity contribution in [1.82, 2.24) is 0 Å². The van der Waals surface area contributed by atoms with E-state index in [4.69, 9.17) is 11.6 Å². The van der Waals surface area contributed by atoms with Crippen LogP contribution in [-0.2, 0) is 6.42 Å². The van der Waals surface area contributed by atoms with E-state index in [-0.39, 0.29) is 17.4 Å². The SMILES string of the molecule is CCC[C@H](c1ccc(C(=O)O)cc1)[C@@H](Cc1ccc(Br)cc1C#N)c1ccc(Cl)cc1. The van der Waals surface area contributed by atoms with E-state index in [0.717, 1.165) is 34.0 Å². The van der Waals surface area contributed by atoms with Crippen LogP contribution in [0.5, 0.6) is 0 Å². The molecule has 0 spiro atoms. The Morgan fingerprint density at radius 3 is 2.23 bits per heavy atom. The normalized spacial score (nSPS) is 12.7. The molecule has 3 rings (SSSR count). The van der Waals surface area contributed by atoms with E-state index in [9.17, 15) is 15.2 Å². The topological polar surface area (TPSA) is 61.1 Å². The molecule has 0 saturated heterocycles. The number of carboxylic acid groups (broad SMARTS) is 1. The predicted octanol–water partition coefficient (Wildman–Crippen LogP) is 7.58. The Hall–Kier alpha value is -2.61. The summed E-state index contributed by atoms with van der Waals surface area (Å²) in [4.78, 5) is 11.3. The standard InChI is InChI=1S/C26H23BrClNO2/c1-2-3-24(17-4-6-19(7-5-17)26(30)31)25(18-9-12-23(28)13-10-18)15-20-8-11-22(27)14-21(20)16-29/h4-14,24-25H,2-3,15H2,1H3,(H,30,31)/t24-,25+/m1/s1. The van der Waals surface area contributed by atoms with Gasteiger partial charge >= 0.3 is 5.97 Å². The highest BCUT2D eigenvalue weighted by Gasteiger charge is 2.26. The van der Waals surface area contributed by atoms with Gasteiger partial charge in [0.05, 0.1) is 17.2 Å². The first-order valence-corrected chi connectivity index (χ1v) is 11.4. The van der Waals surface area contributed by atoms with Gasteiger partial charge in [-0.2, -0.15) is 5.26 Å². The molecule has 0 amide bonds. The molecule has 5 heteroatoms. The fraction of sp³-hybridized carbons (Fsp3) is 0.231. The van der Waals surface area contributed by atoms with E-state index in [1.165, 1.54) is 0 Å². The molecule has 3 aromatic rings. The maximum atomic E-state index is 11.3. The van der Waals surface area contributed by atoms with Crippen LogP contribution >= 0.6 is 27.5 Å². The van der Waals surface area contributed by atoms with E-state index in [0.29, 0.717) is 17.0 Å². The number of nitriles is 1. The van der Waals surface area contributed by atoms with Gasteiger partial charge in [0.2, 0.25) is 0 Å². The zero-order valence-electron chi connectivity index (χ0n) is 17.2. The van der Waals surface area contributed by atoms with Gasteiger partial charge in [0.15, 0.2) is 0 Å². The molecule has 31 heavy (non-hydrogen) atoms. The fourth-order valence-electron chi connectivity index (χ4n) is 4.05. The average Bonchev–Trinajstić information content (AvgIpc) is 2.77. The molecule has 3 aromatic carbocycles. The molecule has 0 aliphatic rings. The Kier molecular flexibility index (Phi) is 7.90. The van der Waals surface area contributed by atoms with Crippen molar-refractivity contribution >= 4 is 33.5 Å². The van der Waals surface area contributed by atoms with Crippen LogP contribution in [-0.4, -0.2) is 11.1 Å². The van der Waals surface area contributed by atoms with Crippen LogP contribution in [0.25, 0.3) is 0 Å². The molecule has 0 bridgehead atoms. The lowest BCUT2D eigenvalue weighted by atomic mass is 9.75. The maximum Gasteiger partial charge on any atom is 0.335 e. The summed E-state index contributed by atoms with van der Waals surface area (Å²) >= 11 is 9.59. The van der Waals surface area contributed by atoms with Gasteiger partial charge in [-0.3, -0.25) is 0 Å². The van der Waals surface area contributed by atoms with E-state index in [1.54, 1.807) is 12.1 Å². The molecule has 0 saturated carbocycles. The minimum atomic E-state index is -0.929. The van der Waals surface area contributed by atoms with Crippen molar-refractivity contribution in [3.8, 4) is 6.07 Å². The van der Waals surface area contributed by atoms with E-state index < -0.39 is 5.97 Å². The molecule has 0 aromatic heterocycles. The van der Waals surface area contributed by atoms with Gasteiger partial charge in [-0.15, -0.1) is 0 Å². The smallest absolute Gasteiger partial charge is 0.335 e. The van der Waals surface area contributed by atoms with Gasteiger partial charge in [0.1, 0.15) is 0 Å². The molecule has 2 atom stereocenters. The van der Waals surface area contributed by atoms with Crippen molar-refractivity contribution in [2.45, 2.75) is 38.0 Å². The molecule has 0 aliphatic heterocycles. The molecule has 0 unspecified atom stereocenters. The van der Waals surface area contributed by atoms with Crippen LogP contribution in [0.1, 0.15) is 64.2 Å². The summed E-state index contributed by atoms with van der Waals surface area (Å²) in [6, 6.07) is 23.2. The number of benzene rings is 3. The summed E-state index contributed by atoms with van der Waals surface area (Å²) in [5, 5.41) is 19.6. The summed E-state index contributed by atoms with van der Waals surface area (Å²) in [5.41, 5.74) is 4.18. The average molecular weight is 497 g/mol. The third-order valence-corrected chi connectivity index (χ3v) is 6.35. The van der Waals surface area contributed by atoms with E-state index in [1.807, 2.05) is 54.6 Å². The minimum Gasteiger partial charge on any atom is -0.478 e. The molecule has 0 radical (unpaired) electrons. The number of nitrogens with zero attached hydrogens (tertiary/aromatic N) is 1. The summed E-state index contributed by atoms with van der Waals surface area (Å²) in [6.07, 6.45) is 2.63. The van der Waals surface area contributed by atoms with Crippen molar-refractivity contribution < 1.29 is 9.90 Å². The summed E-state index contributed by atoms with van der Waals surface area (Å²) < 4.78 is 0.880. The molecule has 158 valence electrons. The predicted molar refractivity (Wildman–Crippen MR) is 128 cm³/mol. The van der Waals surface area contributed by atoms with Gasteiger partial charge in [0, 0.05) is 9.50 Å². The number of carbonyl (C=O) groups is 1. The van der Waals surface area contributed by atoms with Crippen LogP contribution in [0, 0.1) is 11.3 Å². The molecule has 0 fully saturated rings. The largest absolute Gasteiger partial charge is 0.478 e. The van der Waals surface area contributed by atoms with Crippen molar-refractivity contribution in [1.29, 1.82) is 5.26 Å². The molecule has 3 nitrogen and oxygen atoms in total. The highest BCUT2D eigenvalue weighted by molar-refractivity contribution is 9.10. The van der Waals surface area contributed by atoms with Gasteiger partial charge in [0.25, 0.3) is 0 Å². The van der Waals surface area contributed by atoms with Crippen LogP contribution in [0.4, 0.5) is 0 Å². The Morgan fingerprint density at radius 1 is 1.03 bits per heavy atom. The Morgan fingerprint density at radius 2 is 1.65 bits per heavy atom. The number of aromatic carboxylic acids is 1. The van der Waals surface area contributed by atoms with Crippen LogP contribution < -0.4 is 0 Å². The zero-order valence-corrected chi connectivity index (χ0v) is 19.5. The number of carboxylic acids is 1. The van der Waals surface area contributed by atoms with Gasteiger partial charge < -0.3 is 5.11 Å². The highest BCUT2D eigenvalue weighted by atomic mass is 79.9. The van der Waals surface area contributed by atoms with Crippen molar-refractivity contribution in [2.24, 2.45) is 0 Å². The van der Waals surface area contributed by atoms with Crippen LogP contribution in [0.3, 0.4) is 0 Å². The first-order chi connectivity index (χ1) is 14.9. The van der Waals surface area contributed by atoms with Gasteiger partial charge in [-0.05, 0) is 77.8 Å². The third kappa shape index (κ3) is 5.76. The Labute approximate surface area is 196 Å². The molecule has 0 aliphatic carbocycles. The highest BCUT2D eigenvalue weighted by Crippen LogP contribution is 2.40. The first kappa shape index (κ1) is 23.1. The second-order valence-corrected chi connectivity index (χ2v) is 8.95. The fourth-order valence-corrected chi connectivity index (χ4v) is 4.54. The Bertz CT molecular complexity index is 1090. The Balaban J connectivity index is 2.07. The third-order valence-electron chi connectivity index (χ3n) is 5.60. The van der Waals surface area contributed by atoms with Gasteiger partial charge in [-0.25, -0.2) is 4.79 Å². The van der Waals surface area contributed by atoms with Crippen LogP contribution in [0.2, 0.25) is 5.02 Å². The maximum absolute atomic E-state index is 11.3. The molecule has 0 heterocycles. The lowest BCUT2D eigenvalue weighted by molar-refractivity contribution is 0.0697. The van der Waals surface area contributed by atoms with Crippen molar-refractivity contribution in [2.75, 3.05) is 0 Å². The monoisotopic (exact) mass is 495 g/mol. The second kappa shape index (κ2) is 10.6. The quantitative estimate of drug-likeness (QED) is 0.349.